The molecule has 9 nitrogen and oxygen atoms in total. The molecule has 2 atom stereocenters. The predicted molar refractivity (Wildman–Crippen MR) is 88.7 cm³/mol. The number of likely N-dealkylation sites (tertiary alicyclic amines) is 1. The molecule has 31 heavy (non-hydrogen) atoms. The van der Waals surface area contributed by atoms with Gasteiger partial charge in [-0.15, -0.1) is 0 Å². The first-order chi connectivity index (χ1) is 12.6. The number of nitrogens with zero attached hydrogens (tertiary/aromatic N) is 1. The monoisotopic (exact) mass is 509 g/mol. The Morgan fingerprint density at radius 1 is 1.00 bits per heavy atom. The van der Waals surface area contributed by atoms with Crippen molar-refractivity contribution in [3.8, 4) is 11.5 Å². The molecule has 0 unspecified atom stereocenters. The Hall–Kier alpha value is 3.08. The maximum absolute atomic E-state index is 11.2. The second kappa shape index (κ2) is 15.4. The fraction of sp³-hybridized carbons (Fsp3) is 0.625. The van der Waals surface area contributed by atoms with Gasteiger partial charge in [-0.2, -0.15) is 0 Å². The first-order valence-corrected chi connectivity index (χ1v) is 11.8. The van der Waals surface area contributed by atoms with Crippen LogP contribution in [0.1, 0.15) is 37.3 Å². The number of piperidine rings is 1. The molecule has 0 bridgehead atoms. The minimum atomic E-state index is -5.47. The quantitative estimate of drug-likeness (QED) is 0.269. The number of fused-ring (bicyclic) bond motifs is 2. The van der Waals surface area contributed by atoms with Crippen molar-refractivity contribution in [1.82, 2.24) is 4.90 Å². The molecule has 15 heteroatoms. The van der Waals surface area contributed by atoms with E-state index in [2.05, 4.69) is 20.9 Å². The predicted octanol–water partition coefficient (Wildman–Crippen LogP) is -12.3. The zero-order chi connectivity index (χ0) is 19.8. The second-order valence-corrected chi connectivity index (χ2v) is 9.18. The van der Waals surface area contributed by atoms with Crippen LogP contribution < -0.4 is 147 Å². The van der Waals surface area contributed by atoms with Crippen LogP contribution in [-0.4, -0.2) is 24.0 Å². The van der Waals surface area contributed by atoms with Gasteiger partial charge in [0.05, 0.1) is 0 Å². The van der Waals surface area contributed by atoms with Crippen molar-refractivity contribution in [3.63, 3.8) is 0 Å². The van der Waals surface area contributed by atoms with E-state index in [4.69, 9.17) is 0 Å². The summed E-state index contributed by atoms with van der Waals surface area (Å²) in [6.07, 6.45) is 4.01. The van der Waals surface area contributed by atoms with Crippen molar-refractivity contribution in [2.75, 3.05) is 13.1 Å². The van der Waals surface area contributed by atoms with Gasteiger partial charge in [-0.25, -0.2) is 0 Å². The molecule has 1 fully saturated rings. The van der Waals surface area contributed by atoms with Gasteiger partial charge in [0.25, 0.3) is 0 Å². The molecule has 1 saturated heterocycles. The van der Waals surface area contributed by atoms with E-state index in [1.54, 1.807) is 6.07 Å². The molecule has 152 valence electrons. The van der Waals surface area contributed by atoms with Crippen LogP contribution in [0.3, 0.4) is 0 Å². The molecule has 1 heterocycles. The summed E-state index contributed by atoms with van der Waals surface area (Å²) in [4.78, 5) is 46.8. The van der Waals surface area contributed by atoms with Gasteiger partial charge in [0, 0.05) is 11.6 Å². The number of phosphoric acid groups is 2. The third-order valence-corrected chi connectivity index (χ3v) is 6.00. The summed E-state index contributed by atoms with van der Waals surface area (Å²) in [5, 5.41) is 0. The zero-order valence-corrected chi connectivity index (χ0v) is 28.7. The number of benzene rings is 1. The zero-order valence-electron chi connectivity index (χ0n) is 18.9. The Balaban J connectivity index is 0. The first-order valence-electron chi connectivity index (χ1n) is 8.89. The Labute approximate surface area is 271 Å². The van der Waals surface area contributed by atoms with E-state index >= 15 is 0 Å². The third-order valence-electron chi connectivity index (χ3n) is 5.17. The molecule has 0 spiro atoms. The van der Waals surface area contributed by atoms with E-state index < -0.39 is 27.1 Å². The van der Waals surface area contributed by atoms with Crippen LogP contribution in [0.2, 0.25) is 0 Å². The van der Waals surface area contributed by atoms with Gasteiger partial charge in [0.1, 0.15) is 15.6 Å². The van der Waals surface area contributed by atoms with Gasteiger partial charge >= 0.3 is 118 Å². The topological polar surface area (TPSA) is 148 Å². The summed E-state index contributed by atoms with van der Waals surface area (Å²) in [5.74, 6) is -0.813. The van der Waals surface area contributed by atoms with Crippen LogP contribution >= 0.6 is 15.6 Å². The molecule has 0 amide bonds. The minimum absolute atomic E-state index is 0. The van der Waals surface area contributed by atoms with Crippen molar-refractivity contribution in [2.24, 2.45) is 5.92 Å². The summed E-state index contributed by atoms with van der Waals surface area (Å²) < 4.78 is 31.1. The van der Waals surface area contributed by atoms with E-state index in [-0.39, 0.29) is 124 Å². The molecule has 0 N–H and O–H groups in total. The Bertz CT molecular complexity index is 804. The molecular formula is C16H21NNa4O8P2. The maximum Gasteiger partial charge on any atom is 1.00 e. The van der Waals surface area contributed by atoms with Crippen molar-refractivity contribution >= 4 is 15.6 Å². The second-order valence-electron chi connectivity index (χ2n) is 7.02. The van der Waals surface area contributed by atoms with Crippen molar-refractivity contribution in [3.05, 3.63) is 23.3 Å². The average Bonchev–Trinajstić information content (AvgIpc) is 2.54. The first kappa shape index (κ1) is 36.2. The Kier molecular flexibility index (Phi) is 18.0. The van der Waals surface area contributed by atoms with Crippen molar-refractivity contribution < 1.29 is 156 Å². The molecule has 2 aliphatic rings. The summed E-state index contributed by atoms with van der Waals surface area (Å²) >= 11 is 0. The molecule has 1 aliphatic carbocycles. The van der Waals surface area contributed by atoms with Gasteiger partial charge in [-0.05, 0) is 62.7 Å². The van der Waals surface area contributed by atoms with E-state index in [0.29, 0.717) is 24.4 Å². The molecule has 1 aliphatic heterocycles. The van der Waals surface area contributed by atoms with E-state index in [0.717, 1.165) is 37.9 Å². The average molecular weight is 509 g/mol. The molecule has 0 saturated carbocycles. The standard InChI is InChI=1S/C16H25NO8P2.4Na/c1-2-7-17-8-3-4-12-9-13-11(10-14(12)17)5-6-15(24-26(18,19)20)16(13)25-27(21,22)23;;;;/h5-6,12,14H,2-4,7-10H2,1H3,(H2,18,19,20)(H2,21,22,23);;;;/q;4*+1/p-4/t12-,14-;;;;/m1..../s1. The van der Waals surface area contributed by atoms with E-state index in [9.17, 15) is 28.7 Å². The van der Waals surface area contributed by atoms with Gasteiger partial charge < -0.3 is 37.8 Å². The fourth-order valence-electron chi connectivity index (χ4n) is 4.27. The van der Waals surface area contributed by atoms with E-state index in [1.165, 1.54) is 6.07 Å². The summed E-state index contributed by atoms with van der Waals surface area (Å²) in [7, 11) is -10.9. The largest absolute Gasteiger partial charge is 1.00 e. The molecular weight excluding hydrogens is 488 g/mol. The van der Waals surface area contributed by atoms with Gasteiger partial charge in [-0.3, -0.25) is 4.90 Å². The van der Waals surface area contributed by atoms with E-state index in [1.807, 2.05) is 0 Å². The van der Waals surface area contributed by atoms with Crippen LogP contribution in [0.15, 0.2) is 12.1 Å². The van der Waals surface area contributed by atoms with Crippen molar-refractivity contribution in [2.45, 2.75) is 45.1 Å². The maximum atomic E-state index is 11.2. The summed E-state index contributed by atoms with van der Waals surface area (Å²) in [6, 6.07) is 3.06. The summed E-state index contributed by atoms with van der Waals surface area (Å²) in [5.41, 5.74) is 1.19. The number of rotatable bonds is 6. The Morgan fingerprint density at radius 3 is 2.16 bits per heavy atom. The number of phosphoric ester groups is 2. The Morgan fingerprint density at radius 2 is 1.61 bits per heavy atom. The van der Waals surface area contributed by atoms with Gasteiger partial charge in [0.15, 0.2) is 11.5 Å². The van der Waals surface area contributed by atoms with Gasteiger partial charge in [0.2, 0.25) is 0 Å². The summed E-state index contributed by atoms with van der Waals surface area (Å²) in [6.45, 7) is 4.08. The smallest absolute Gasteiger partial charge is 0.780 e. The molecule has 1 aromatic rings. The van der Waals surface area contributed by atoms with Gasteiger partial charge in [-0.1, -0.05) is 13.0 Å². The minimum Gasteiger partial charge on any atom is -0.780 e. The number of hydrogen-bond acceptors (Lipinski definition) is 9. The third kappa shape index (κ3) is 10.5. The van der Waals surface area contributed by atoms with Crippen LogP contribution in [0.25, 0.3) is 0 Å². The molecule has 0 radical (unpaired) electrons. The van der Waals surface area contributed by atoms with Crippen LogP contribution in [0, 0.1) is 5.92 Å². The molecule has 3 rings (SSSR count). The molecule has 0 aromatic heterocycles. The van der Waals surface area contributed by atoms with Crippen LogP contribution in [-0.2, 0) is 22.0 Å². The number of hydrogen-bond donors (Lipinski definition) is 0. The fourth-order valence-corrected chi connectivity index (χ4v) is 5.07. The van der Waals surface area contributed by atoms with Crippen molar-refractivity contribution in [1.29, 1.82) is 0 Å². The van der Waals surface area contributed by atoms with Crippen LogP contribution in [0.4, 0.5) is 0 Å². The normalized spacial score (nSPS) is 20.4. The SMILES string of the molecule is CCCN1CCC[C@@H]2Cc3c(ccc(OP(=O)([O-])[O-])c3OP(=O)([O-])[O-])C[C@H]21.[Na+].[Na+].[Na+].[Na+]. The van der Waals surface area contributed by atoms with Crippen LogP contribution in [0.5, 0.6) is 11.5 Å². The molecule has 1 aromatic carbocycles.